The molecule has 0 bridgehead atoms. The number of nitrogens with zero attached hydrogens (tertiary/aromatic N) is 2. The average molecular weight is 291 g/mol. The molecule has 0 radical (unpaired) electrons. The van der Waals surface area contributed by atoms with E-state index in [-0.39, 0.29) is 12.5 Å². The lowest BCUT2D eigenvalue weighted by Crippen LogP contribution is -2.56. The molecule has 116 valence electrons. The van der Waals surface area contributed by atoms with Crippen molar-refractivity contribution in [1.82, 2.24) is 10.2 Å². The molecule has 1 atom stereocenters. The molecule has 0 heterocycles. The number of nitriles is 1. The molecule has 1 unspecified atom stereocenters. The lowest BCUT2D eigenvalue weighted by Gasteiger charge is -2.34. The van der Waals surface area contributed by atoms with Crippen LogP contribution in [0.3, 0.4) is 0 Å². The minimum atomic E-state index is -4.22. The van der Waals surface area contributed by atoms with Gasteiger partial charge in [0.25, 0.3) is 0 Å². The van der Waals surface area contributed by atoms with E-state index in [0.29, 0.717) is 19.5 Å². The van der Waals surface area contributed by atoms with Crippen molar-refractivity contribution < 1.29 is 13.2 Å². The van der Waals surface area contributed by atoms with E-state index in [9.17, 15) is 18.4 Å². The molecule has 20 heavy (non-hydrogen) atoms. The van der Waals surface area contributed by atoms with Crippen LogP contribution in [0.2, 0.25) is 0 Å². The van der Waals surface area contributed by atoms with Crippen LogP contribution in [-0.2, 0) is 0 Å². The van der Waals surface area contributed by atoms with E-state index in [1.54, 1.807) is 0 Å². The first-order valence-corrected chi connectivity index (χ1v) is 7.32. The van der Waals surface area contributed by atoms with E-state index in [2.05, 4.69) is 11.4 Å². The molecule has 1 rings (SSSR count). The number of alkyl halides is 3. The molecule has 0 spiro atoms. The summed E-state index contributed by atoms with van der Waals surface area (Å²) in [7, 11) is 0. The van der Waals surface area contributed by atoms with Crippen molar-refractivity contribution in [1.29, 1.82) is 5.26 Å². The lowest BCUT2D eigenvalue weighted by molar-refractivity contribution is -0.147. The Hall–Kier alpha value is -0.800. The normalized spacial score (nSPS) is 18.9. The summed E-state index contributed by atoms with van der Waals surface area (Å²) in [6.07, 6.45) is -0.851. The molecule has 3 nitrogen and oxygen atoms in total. The van der Waals surface area contributed by atoms with E-state index in [4.69, 9.17) is 0 Å². The quantitative estimate of drug-likeness (QED) is 0.710. The Morgan fingerprint density at radius 1 is 1.20 bits per heavy atom. The van der Waals surface area contributed by atoms with Gasteiger partial charge < -0.3 is 0 Å². The number of rotatable bonds is 9. The summed E-state index contributed by atoms with van der Waals surface area (Å²) in [4.78, 5) is 1.37. The molecule has 0 aromatic rings. The van der Waals surface area contributed by atoms with Gasteiger partial charge in [0.1, 0.15) is 5.54 Å². The maximum absolute atomic E-state index is 12.6. The smallest absolute Gasteiger partial charge is 0.298 e. The maximum Gasteiger partial charge on any atom is 0.401 e. The van der Waals surface area contributed by atoms with Crippen LogP contribution >= 0.6 is 0 Å². The van der Waals surface area contributed by atoms with Gasteiger partial charge in [-0.25, -0.2) is 0 Å². The van der Waals surface area contributed by atoms with Crippen LogP contribution in [0, 0.1) is 17.2 Å². The highest BCUT2D eigenvalue weighted by atomic mass is 19.4. The minimum Gasteiger partial charge on any atom is -0.298 e. The number of nitrogens with one attached hydrogen (secondary N) is 1. The molecule has 0 aromatic carbocycles. The second-order valence-corrected chi connectivity index (χ2v) is 5.61. The Morgan fingerprint density at radius 3 is 2.25 bits per heavy atom. The SMILES string of the molecule is CCCNC(C#N)(CN(CCC)CC(F)(F)F)C1CC1. The second-order valence-electron chi connectivity index (χ2n) is 5.61. The summed E-state index contributed by atoms with van der Waals surface area (Å²) in [5.41, 5.74) is -0.823. The lowest BCUT2D eigenvalue weighted by atomic mass is 9.93. The first kappa shape index (κ1) is 17.3. The largest absolute Gasteiger partial charge is 0.401 e. The Balaban J connectivity index is 2.76. The molecular weight excluding hydrogens is 267 g/mol. The molecule has 0 amide bonds. The first-order valence-electron chi connectivity index (χ1n) is 7.32. The molecule has 0 aromatic heterocycles. The molecule has 1 aliphatic carbocycles. The highest BCUT2D eigenvalue weighted by Crippen LogP contribution is 2.40. The zero-order valence-electron chi connectivity index (χ0n) is 12.3. The highest BCUT2D eigenvalue weighted by molar-refractivity contribution is 5.16. The van der Waals surface area contributed by atoms with Gasteiger partial charge in [-0.2, -0.15) is 18.4 Å². The summed E-state index contributed by atoms with van der Waals surface area (Å²) in [6, 6.07) is 2.27. The van der Waals surface area contributed by atoms with Gasteiger partial charge in [-0.05, 0) is 44.7 Å². The van der Waals surface area contributed by atoms with Gasteiger partial charge in [0.15, 0.2) is 0 Å². The number of hydrogen-bond acceptors (Lipinski definition) is 3. The van der Waals surface area contributed by atoms with Crippen LogP contribution in [0.1, 0.15) is 39.5 Å². The predicted molar refractivity (Wildman–Crippen MR) is 72.1 cm³/mol. The molecule has 0 saturated heterocycles. The van der Waals surface area contributed by atoms with Gasteiger partial charge in [-0.15, -0.1) is 0 Å². The third-order valence-electron chi connectivity index (χ3n) is 3.58. The van der Waals surface area contributed by atoms with E-state index >= 15 is 0 Å². The summed E-state index contributed by atoms with van der Waals surface area (Å²) >= 11 is 0. The Morgan fingerprint density at radius 2 is 1.85 bits per heavy atom. The number of halogens is 3. The molecule has 1 N–H and O–H groups in total. The van der Waals surface area contributed by atoms with Crippen molar-refractivity contribution in [3.05, 3.63) is 0 Å². The van der Waals surface area contributed by atoms with Crippen LogP contribution in [0.5, 0.6) is 0 Å². The van der Waals surface area contributed by atoms with E-state index in [1.807, 2.05) is 13.8 Å². The first-order chi connectivity index (χ1) is 9.37. The monoisotopic (exact) mass is 291 g/mol. The Kier molecular flexibility index (Phi) is 6.28. The van der Waals surface area contributed by atoms with E-state index < -0.39 is 18.3 Å². The maximum atomic E-state index is 12.6. The zero-order valence-corrected chi connectivity index (χ0v) is 12.3. The summed E-state index contributed by atoms with van der Waals surface area (Å²) in [5, 5.41) is 12.7. The topological polar surface area (TPSA) is 39.1 Å². The molecular formula is C14H24F3N3. The van der Waals surface area contributed by atoms with Crippen molar-refractivity contribution in [2.24, 2.45) is 5.92 Å². The number of hydrogen-bond donors (Lipinski definition) is 1. The summed E-state index contributed by atoms with van der Waals surface area (Å²) < 4.78 is 37.9. The van der Waals surface area contributed by atoms with Crippen LogP contribution in [0.25, 0.3) is 0 Å². The van der Waals surface area contributed by atoms with Gasteiger partial charge in [-0.1, -0.05) is 13.8 Å². The third-order valence-corrected chi connectivity index (χ3v) is 3.58. The highest BCUT2D eigenvalue weighted by Gasteiger charge is 2.47. The van der Waals surface area contributed by atoms with Crippen molar-refractivity contribution in [2.75, 3.05) is 26.2 Å². The zero-order chi connectivity index (χ0) is 15.2. The van der Waals surface area contributed by atoms with Crippen LogP contribution in [0.15, 0.2) is 0 Å². The van der Waals surface area contributed by atoms with Gasteiger partial charge in [0.05, 0.1) is 12.6 Å². The third kappa shape index (κ3) is 5.29. The standard InChI is InChI=1S/C14H24F3N3/c1-3-7-19-13(9-18,12-5-6-12)10-20(8-4-2)11-14(15,16)17/h12,19H,3-8,10-11H2,1-2H3. The molecule has 0 aliphatic heterocycles. The molecule has 1 saturated carbocycles. The van der Waals surface area contributed by atoms with Crippen LogP contribution in [-0.4, -0.2) is 42.8 Å². The van der Waals surface area contributed by atoms with Crippen LogP contribution in [0.4, 0.5) is 13.2 Å². The van der Waals surface area contributed by atoms with Gasteiger partial charge in [0, 0.05) is 6.54 Å². The predicted octanol–water partition coefficient (Wildman–Crippen LogP) is 2.93. The van der Waals surface area contributed by atoms with E-state index in [1.165, 1.54) is 4.90 Å². The summed E-state index contributed by atoms with van der Waals surface area (Å²) in [6.45, 7) is 4.08. The van der Waals surface area contributed by atoms with Crippen molar-refractivity contribution in [3.63, 3.8) is 0 Å². The fourth-order valence-corrected chi connectivity index (χ4v) is 2.56. The Bertz CT molecular complexity index is 334. The Labute approximate surface area is 119 Å². The minimum absolute atomic E-state index is 0.154. The molecule has 1 fully saturated rings. The van der Waals surface area contributed by atoms with Crippen molar-refractivity contribution >= 4 is 0 Å². The molecule has 6 heteroatoms. The fraction of sp³-hybridized carbons (Fsp3) is 0.929. The van der Waals surface area contributed by atoms with Crippen molar-refractivity contribution in [3.8, 4) is 6.07 Å². The van der Waals surface area contributed by atoms with Crippen LogP contribution < -0.4 is 5.32 Å². The van der Waals surface area contributed by atoms with Gasteiger partial charge >= 0.3 is 6.18 Å². The average Bonchev–Trinajstić information content (AvgIpc) is 3.17. The van der Waals surface area contributed by atoms with Gasteiger partial charge in [0.2, 0.25) is 0 Å². The second kappa shape index (κ2) is 7.28. The van der Waals surface area contributed by atoms with E-state index in [0.717, 1.165) is 19.3 Å². The van der Waals surface area contributed by atoms with Gasteiger partial charge in [-0.3, -0.25) is 10.2 Å². The van der Waals surface area contributed by atoms with Crippen molar-refractivity contribution in [2.45, 2.75) is 51.2 Å². The molecule has 1 aliphatic rings. The fourth-order valence-electron chi connectivity index (χ4n) is 2.56. The summed E-state index contributed by atoms with van der Waals surface area (Å²) in [5.74, 6) is 0.187.